The summed E-state index contributed by atoms with van der Waals surface area (Å²) in [5.74, 6) is 1.09. The minimum absolute atomic E-state index is 0.556. The second kappa shape index (κ2) is 5.09. The van der Waals surface area contributed by atoms with Crippen LogP contribution in [0.25, 0.3) is 0 Å². The Balaban J connectivity index is 1.92. The molecule has 0 aliphatic heterocycles. The molecule has 2 rings (SSSR count). The molecule has 2 aliphatic rings. The largest absolute Gasteiger partial charge is 0.300 e. The molecule has 0 amide bonds. The van der Waals surface area contributed by atoms with Gasteiger partial charge in [0.2, 0.25) is 0 Å². The van der Waals surface area contributed by atoms with E-state index in [2.05, 4.69) is 24.5 Å². The van der Waals surface area contributed by atoms with Crippen LogP contribution in [0.1, 0.15) is 51.9 Å². The molecule has 0 aromatic carbocycles. The summed E-state index contributed by atoms with van der Waals surface area (Å²) < 4.78 is 0. The quantitative estimate of drug-likeness (QED) is 0.705. The van der Waals surface area contributed by atoms with Gasteiger partial charge in [-0.2, -0.15) is 12.6 Å². The summed E-state index contributed by atoms with van der Waals surface area (Å²) in [6.07, 6.45) is 10.0. The molecule has 0 aromatic rings. The van der Waals surface area contributed by atoms with E-state index >= 15 is 0 Å². The van der Waals surface area contributed by atoms with Crippen molar-refractivity contribution in [1.29, 1.82) is 0 Å². The van der Waals surface area contributed by atoms with E-state index in [9.17, 15) is 0 Å². The molecule has 2 saturated carbocycles. The van der Waals surface area contributed by atoms with E-state index in [0.717, 1.165) is 11.8 Å². The molecule has 0 saturated heterocycles. The van der Waals surface area contributed by atoms with Crippen molar-refractivity contribution in [2.24, 2.45) is 5.41 Å². The summed E-state index contributed by atoms with van der Waals surface area (Å²) in [6, 6.07) is 0.925. The summed E-state index contributed by atoms with van der Waals surface area (Å²) >= 11 is 4.62. The SMILES string of the molecule is CCN(CC1(CS)CCCCC1)C1CC1. The number of hydrogen-bond donors (Lipinski definition) is 1. The van der Waals surface area contributed by atoms with Crippen LogP contribution >= 0.6 is 12.6 Å². The molecule has 0 radical (unpaired) electrons. The van der Waals surface area contributed by atoms with Gasteiger partial charge in [-0.15, -0.1) is 0 Å². The predicted octanol–water partition coefficient (Wildman–Crippen LogP) is 3.35. The van der Waals surface area contributed by atoms with Gasteiger partial charge in [-0.3, -0.25) is 0 Å². The highest BCUT2D eigenvalue weighted by Crippen LogP contribution is 2.40. The van der Waals surface area contributed by atoms with Crippen molar-refractivity contribution in [3.63, 3.8) is 0 Å². The molecular weight excluding hydrogens is 202 g/mol. The summed E-state index contributed by atoms with van der Waals surface area (Å²) in [5.41, 5.74) is 0.556. The Kier molecular flexibility index (Phi) is 4.00. The molecule has 88 valence electrons. The lowest BCUT2D eigenvalue weighted by Crippen LogP contribution is -2.41. The monoisotopic (exact) mass is 227 g/mol. The number of hydrogen-bond acceptors (Lipinski definition) is 2. The van der Waals surface area contributed by atoms with Crippen LogP contribution in [0.4, 0.5) is 0 Å². The molecule has 0 aromatic heterocycles. The fourth-order valence-corrected chi connectivity index (χ4v) is 3.45. The van der Waals surface area contributed by atoms with Gasteiger partial charge < -0.3 is 4.90 Å². The summed E-state index contributed by atoms with van der Waals surface area (Å²) in [4.78, 5) is 2.71. The second-order valence-electron chi connectivity index (χ2n) is 5.51. The lowest BCUT2D eigenvalue weighted by Gasteiger charge is -2.40. The first kappa shape index (κ1) is 11.8. The first-order valence-corrected chi connectivity index (χ1v) is 7.28. The zero-order chi connectivity index (χ0) is 10.7. The molecule has 0 unspecified atom stereocenters. The average molecular weight is 227 g/mol. The van der Waals surface area contributed by atoms with Gasteiger partial charge in [-0.25, -0.2) is 0 Å². The van der Waals surface area contributed by atoms with Crippen molar-refractivity contribution in [3.8, 4) is 0 Å². The Bertz CT molecular complexity index is 195. The lowest BCUT2D eigenvalue weighted by atomic mass is 9.75. The number of rotatable bonds is 5. The smallest absolute Gasteiger partial charge is 0.00965 e. The molecular formula is C13H25NS. The zero-order valence-corrected chi connectivity index (χ0v) is 10.9. The number of nitrogens with zero attached hydrogens (tertiary/aromatic N) is 1. The molecule has 15 heavy (non-hydrogen) atoms. The second-order valence-corrected chi connectivity index (χ2v) is 5.83. The highest BCUT2D eigenvalue weighted by atomic mass is 32.1. The Hall–Kier alpha value is 0.310. The third-order valence-electron chi connectivity index (χ3n) is 4.26. The van der Waals surface area contributed by atoms with E-state index in [-0.39, 0.29) is 0 Å². The molecule has 2 aliphatic carbocycles. The predicted molar refractivity (Wildman–Crippen MR) is 69.6 cm³/mol. The minimum atomic E-state index is 0.556. The van der Waals surface area contributed by atoms with Crippen LogP contribution in [0, 0.1) is 5.41 Å². The fraction of sp³-hybridized carbons (Fsp3) is 1.00. The Morgan fingerprint density at radius 1 is 1.20 bits per heavy atom. The molecule has 2 heteroatoms. The zero-order valence-electron chi connectivity index (χ0n) is 10.0. The van der Waals surface area contributed by atoms with Gasteiger partial charge in [0.1, 0.15) is 0 Å². The summed E-state index contributed by atoms with van der Waals surface area (Å²) in [6.45, 7) is 4.87. The molecule has 0 bridgehead atoms. The van der Waals surface area contributed by atoms with Gasteiger partial charge in [0, 0.05) is 12.6 Å². The molecule has 2 fully saturated rings. The summed E-state index contributed by atoms with van der Waals surface area (Å²) in [5, 5.41) is 0. The van der Waals surface area contributed by atoms with Gasteiger partial charge in [-0.05, 0) is 43.4 Å². The van der Waals surface area contributed by atoms with Crippen LogP contribution in [0.3, 0.4) is 0 Å². The molecule has 0 heterocycles. The molecule has 0 spiro atoms. The van der Waals surface area contributed by atoms with E-state index in [1.807, 2.05) is 0 Å². The fourth-order valence-electron chi connectivity index (χ4n) is 3.04. The Morgan fingerprint density at radius 2 is 1.87 bits per heavy atom. The van der Waals surface area contributed by atoms with Crippen molar-refractivity contribution in [2.45, 2.75) is 57.9 Å². The van der Waals surface area contributed by atoms with Gasteiger partial charge in [0.05, 0.1) is 0 Å². The third kappa shape index (κ3) is 2.91. The number of thiol groups is 1. The van der Waals surface area contributed by atoms with Crippen molar-refractivity contribution in [3.05, 3.63) is 0 Å². The standard InChI is InChI=1S/C13H25NS/c1-2-14(12-6-7-12)10-13(11-15)8-4-3-5-9-13/h12,15H,2-11H2,1H3. The van der Waals surface area contributed by atoms with Gasteiger partial charge in [-0.1, -0.05) is 26.2 Å². The van der Waals surface area contributed by atoms with Crippen LogP contribution in [-0.2, 0) is 0 Å². The van der Waals surface area contributed by atoms with E-state index in [1.54, 1.807) is 0 Å². The maximum absolute atomic E-state index is 4.62. The first-order chi connectivity index (χ1) is 7.29. The third-order valence-corrected chi connectivity index (χ3v) is 4.93. The van der Waals surface area contributed by atoms with E-state index in [0.29, 0.717) is 5.41 Å². The van der Waals surface area contributed by atoms with Gasteiger partial charge >= 0.3 is 0 Å². The first-order valence-electron chi connectivity index (χ1n) is 6.64. The highest BCUT2D eigenvalue weighted by Gasteiger charge is 2.36. The van der Waals surface area contributed by atoms with Crippen LogP contribution < -0.4 is 0 Å². The van der Waals surface area contributed by atoms with Crippen LogP contribution in [0.5, 0.6) is 0 Å². The maximum atomic E-state index is 4.62. The van der Waals surface area contributed by atoms with Crippen LogP contribution in [-0.4, -0.2) is 29.8 Å². The van der Waals surface area contributed by atoms with E-state index in [4.69, 9.17) is 0 Å². The van der Waals surface area contributed by atoms with Crippen molar-refractivity contribution in [2.75, 3.05) is 18.8 Å². The molecule has 1 nitrogen and oxygen atoms in total. The van der Waals surface area contributed by atoms with Crippen LogP contribution in [0.2, 0.25) is 0 Å². The molecule has 0 N–H and O–H groups in total. The maximum Gasteiger partial charge on any atom is 0.00965 e. The average Bonchev–Trinajstić information content (AvgIpc) is 3.11. The molecule has 0 atom stereocenters. The Labute approximate surface area is 100 Å². The topological polar surface area (TPSA) is 3.24 Å². The normalized spacial score (nSPS) is 25.8. The van der Waals surface area contributed by atoms with Gasteiger partial charge in [0.25, 0.3) is 0 Å². The minimum Gasteiger partial charge on any atom is -0.300 e. The van der Waals surface area contributed by atoms with Crippen molar-refractivity contribution in [1.82, 2.24) is 4.90 Å². The van der Waals surface area contributed by atoms with E-state index in [1.165, 1.54) is 58.0 Å². The summed E-state index contributed by atoms with van der Waals surface area (Å²) in [7, 11) is 0. The van der Waals surface area contributed by atoms with Crippen molar-refractivity contribution < 1.29 is 0 Å². The van der Waals surface area contributed by atoms with Crippen molar-refractivity contribution >= 4 is 12.6 Å². The lowest BCUT2D eigenvalue weighted by molar-refractivity contribution is 0.124. The van der Waals surface area contributed by atoms with E-state index < -0.39 is 0 Å². The Morgan fingerprint density at radius 3 is 2.33 bits per heavy atom. The van der Waals surface area contributed by atoms with Crippen LogP contribution in [0.15, 0.2) is 0 Å². The van der Waals surface area contributed by atoms with Gasteiger partial charge in [0.15, 0.2) is 0 Å². The highest BCUT2D eigenvalue weighted by molar-refractivity contribution is 7.80.